The van der Waals surface area contributed by atoms with Crippen molar-refractivity contribution in [1.82, 2.24) is 4.98 Å². The molecule has 0 fully saturated rings. The van der Waals surface area contributed by atoms with Gasteiger partial charge in [-0.25, -0.2) is 0 Å². The zero-order valence-corrected chi connectivity index (χ0v) is 41.7. The molecule has 75 heavy (non-hydrogen) atoms. The van der Waals surface area contributed by atoms with Crippen molar-refractivity contribution < 1.29 is 0 Å². The fraction of sp³-hybridized carbons (Fsp3) is 0.0417. The maximum atomic E-state index is 4.80. The van der Waals surface area contributed by atoms with Crippen LogP contribution < -0.4 is 9.80 Å². The molecular formula is C72H49N3. The summed E-state index contributed by atoms with van der Waals surface area (Å²) >= 11 is 0. The highest BCUT2D eigenvalue weighted by atomic mass is 15.2. The first-order valence-electron chi connectivity index (χ1n) is 26.0. The average Bonchev–Trinajstić information content (AvgIpc) is 3.57. The van der Waals surface area contributed by atoms with Gasteiger partial charge in [-0.05, 0) is 139 Å². The van der Waals surface area contributed by atoms with Crippen molar-refractivity contribution in [3.05, 3.63) is 272 Å². The lowest BCUT2D eigenvalue weighted by Crippen LogP contribution is -2.14. The van der Waals surface area contributed by atoms with Gasteiger partial charge in [0.15, 0.2) is 0 Å². The fourth-order valence-corrected chi connectivity index (χ4v) is 12.6. The Kier molecular flexibility index (Phi) is 9.61. The van der Waals surface area contributed by atoms with Gasteiger partial charge in [0.05, 0.1) is 28.3 Å². The van der Waals surface area contributed by atoms with Crippen molar-refractivity contribution in [1.29, 1.82) is 0 Å². The Morgan fingerprint density at radius 2 is 0.720 bits per heavy atom. The van der Waals surface area contributed by atoms with Crippen LogP contribution in [0.2, 0.25) is 0 Å². The third kappa shape index (κ3) is 6.71. The van der Waals surface area contributed by atoms with E-state index in [0.29, 0.717) is 0 Å². The Labute approximate surface area is 438 Å². The van der Waals surface area contributed by atoms with Gasteiger partial charge in [0.1, 0.15) is 0 Å². The van der Waals surface area contributed by atoms with Crippen LogP contribution in [0.5, 0.6) is 0 Å². The van der Waals surface area contributed by atoms with Gasteiger partial charge >= 0.3 is 0 Å². The molecule has 15 rings (SSSR count). The summed E-state index contributed by atoms with van der Waals surface area (Å²) in [6.45, 7) is 4.71. The second-order valence-corrected chi connectivity index (χ2v) is 20.7. The van der Waals surface area contributed by atoms with Gasteiger partial charge in [0.25, 0.3) is 0 Å². The number of fused-ring (bicyclic) bond motifs is 14. The van der Waals surface area contributed by atoms with E-state index in [1.165, 1.54) is 77.9 Å². The SMILES string of the molecule is CC1(C)c2ccccc2-c2ccc(-c3ccc(N4c5ccccc5-c5ccccc5-c5cc(-c6ccc7c(c6)N(c6ccc(-c8cccc9cccnc89)cc6)c6ccccc6-c6ccccc6-7)ccc54)cc3)cc21. The van der Waals surface area contributed by atoms with Crippen molar-refractivity contribution >= 4 is 45.0 Å². The molecule has 11 aromatic carbocycles. The highest BCUT2D eigenvalue weighted by Gasteiger charge is 2.35. The molecule has 0 N–H and O–H groups in total. The standard InChI is InChI=1S/C72H49N3/c1-72(2)65-25-10-7-21-59(65)60-39-32-50(44-66(60)72)46-28-35-52(36-29-46)74-67-26-11-8-23-62(67)57-19-5-6-20-58(57)64-43-49(34-41-69(64)74)51-33-40-63-56-18-4-3-17-55(56)61-22-9-12-27-68(61)75(70(63)45-51)53-37-30-47(31-38-53)54-24-13-15-48-16-14-42-73-71(48)54/h3-45H,1-2H3. The van der Waals surface area contributed by atoms with Crippen LogP contribution in [-0.2, 0) is 5.41 Å². The Morgan fingerprint density at radius 3 is 1.39 bits per heavy atom. The number of nitrogens with zero attached hydrogens (tertiary/aromatic N) is 3. The van der Waals surface area contributed by atoms with Gasteiger partial charge < -0.3 is 9.80 Å². The van der Waals surface area contributed by atoms with E-state index in [0.717, 1.165) is 67.3 Å². The van der Waals surface area contributed by atoms with Crippen molar-refractivity contribution in [2.45, 2.75) is 19.3 Å². The normalized spacial score (nSPS) is 13.3. The molecule has 0 saturated heterocycles. The molecule has 0 bridgehead atoms. The molecular weight excluding hydrogens is 907 g/mol. The molecule has 0 atom stereocenters. The summed E-state index contributed by atoms with van der Waals surface area (Å²) < 4.78 is 0. The van der Waals surface area contributed by atoms with Gasteiger partial charge in [-0.1, -0.05) is 202 Å². The molecule has 3 heteroatoms. The van der Waals surface area contributed by atoms with Gasteiger partial charge in [-0.2, -0.15) is 0 Å². The van der Waals surface area contributed by atoms with Gasteiger partial charge in [-0.15, -0.1) is 0 Å². The Morgan fingerprint density at radius 1 is 0.280 bits per heavy atom. The number of hydrogen-bond donors (Lipinski definition) is 0. The summed E-state index contributed by atoms with van der Waals surface area (Å²) in [5, 5.41) is 1.13. The molecule has 3 aliphatic rings. The number of pyridine rings is 1. The minimum Gasteiger partial charge on any atom is -0.309 e. The topological polar surface area (TPSA) is 19.4 Å². The lowest BCUT2D eigenvalue weighted by molar-refractivity contribution is 0.660. The molecule has 2 aliphatic heterocycles. The maximum absolute atomic E-state index is 4.80. The molecule has 0 spiro atoms. The molecule has 1 aliphatic carbocycles. The summed E-state index contributed by atoms with van der Waals surface area (Å²) in [6.07, 6.45) is 1.88. The largest absolute Gasteiger partial charge is 0.309 e. The highest BCUT2D eigenvalue weighted by Crippen LogP contribution is 2.55. The van der Waals surface area contributed by atoms with Crippen LogP contribution in [0.1, 0.15) is 25.0 Å². The van der Waals surface area contributed by atoms with Crippen molar-refractivity contribution in [3.63, 3.8) is 0 Å². The number of anilines is 6. The van der Waals surface area contributed by atoms with Crippen LogP contribution >= 0.6 is 0 Å². The van der Waals surface area contributed by atoms with E-state index in [4.69, 9.17) is 4.98 Å². The zero-order chi connectivity index (χ0) is 49.8. The van der Waals surface area contributed by atoms with E-state index in [9.17, 15) is 0 Å². The molecule has 12 aromatic rings. The minimum atomic E-state index is -0.0619. The minimum absolute atomic E-state index is 0.0619. The zero-order valence-electron chi connectivity index (χ0n) is 41.7. The van der Waals surface area contributed by atoms with E-state index in [1.54, 1.807) is 0 Å². The van der Waals surface area contributed by atoms with E-state index in [-0.39, 0.29) is 5.41 Å². The number of aromatic nitrogens is 1. The van der Waals surface area contributed by atoms with Crippen LogP contribution in [0.3, 0.4) is 0 Å². The smallest absolute Gasteiger partial charge is 0.0780 e. The first-order valence-corrected chi connectivity index (χ1v) is 26.0. The first kappa shape index (κ1) is 43.1. The first-order chi connectivity index (χ1) is 37.0. The molecule has 3 nitrogen and oxygen atoms in total. The number of para-hydroxylation sites is 3. The quantitative estimate of drug-likeness (QED) is 0.171. The van der Waals surface area contributed by atoms with Crippen LogP contribution in [0.4, 0.5) is 34.1 Å². The van der Waals surface area contributed by atoms with E-state index in [1.807, 2.05) is 12.3 Å². The summed E-state index contributed by atoms with van der Waals surface area (Å²) in [5.74, 6) is 0. The summed E-state index contributed by atoms with van der Waals surface area (Å²) in [7, 11) is 0. The molecule has 0 amide bonds. The lowest BCUT2D eigenvalue weighted by Gasteiger charge is -2.29. The summed E-state index contributed by atoms with van der Waals surface area (Å²) in [5.41, 5.74) is 29.8. The fourth-order valence-electron chi connectivity index (χ4n) is 12.6. The Bertz CT molecular complexity index is 4270. The Hall–Kier alpha value is -9.57. The Balaban J connectivity index is 0.861. The van der Waals surface area contributed by atoms with E-state index >= 15 is 0 Å². The van der Waals surface area contributed by atoms with E-state index in [2.05, 4.69) is 272 Å². The predicted octanol–water partition coefficient (Wildman–Crippen LogP) is 19.8. The summed E-state index contributed by atoms with van der Waals surface area (Å²) in [4.78, 5) is 9.72. The van der Waals surface area contributed by atoms with Crippen molar-refractivity contribution in [2.75, 3.05) is 9.80 Å². The average molecular weight is 956 g/mol. The van der Waals surface area contributed by atoms with Gasteiger partial charge in [0.2, 0.25) is 0 Å². The molecule has 352 valence electrons. The molecule has 3 heterocycles. The van der Waals surface area contributed by atoms with Crippen molar-refractivity contribution in [3.8, 4) is 89.0 Å². The second-order valence-electron chi connectivity index (χ2n) is 20.7. The third-order valence-electron chi connectivity index (χ3n) is 16.2. The van der Waals surface area contributed by atoms with Gasteiger partial charge in [-0.3, -0.25) is 4.98 Å². The molecule has 0 unspecified atom stereocenters. The number of hydrogen-bond acceptors (Lipinski definition) is 3. The summed E-state index contributed by atoms with van der Waals surface area (Å²) in [6, 6.07) is 94.3. The van der Waals surface area contributed by atoms with Crippen LogP contribution in [0.25, 0.3) is 99.9 Å². The van der Waals surface area contributed by atoms with Crippen molar-refractivity contribution in [2.24, 2.45) is 0 Å². The van der Waals surface area contributed by atoms with Gasteiger partial charge in [0, 0.05) is 56.2 Å². The molecule has 0 saturated carbocycles. The monoisotopic (exact) mass is 955 g/mol. The number of benzene rings is 11. The molecule has 1 aromatic heterocycles. The van der Waals surface area contributed by atoms with Crippen LogP contribution in [0, 0.1) is 0 Å². The lowest BCUT2D eigenvalue weighted by atomic mass is 9.81. The second kappa shape index (κ2) is 16.7. The highest BCUT2D eigenvalue weighted by molar-refractivity contribution is 6.06. The predicted molar refractivity (Wildman–Crippen MR) is 314 cm³/mol. The van der Waals surface area contributed by atoms with Crippen LogP contribution in [-0.4, -0.2) is 4.98 Å². The van der Waals surface area contributed by atoms with E-state index < -0.39 is 0 Å². The molecule has 0 radical (unpaired) electrons. The third-order valence-corrected chi connectivity index (χ3v) is 16.2. The van der Waals surface area contributed by atoms with Crippen LogP contribution in [0.15, 0.2) is 261 Å². The maximum Gasteiger partial charge on any atom is 0.0780 e. The number of rotatable bonds is 5.